The zero-order valence-corrected chi connectivity index (χ0v) is 16.0. The van der Waals surface area contributed by atoms with E-state index >= 15 is 0 Å². The molecule has 0 unspecified atom stereocenters. The first kappa shape index (κ1) is 17.8. The number of imidazole rings is 1. The predicted octanol–water partition coefficient (Wildman–Crippen LogP) is 4.53. The van der Waals surface area contributed by atoms with Gasteiger partial charge >= 0.3 is 0 Å². The molecule has 1 fully saturated rings. The third kappa shape index (κ3) is 4.05. The monoisotopic (exact) mass is 361 g/mol. The van der Waals surface area contributed by atoms with Gasteiger partial charge in [-0.1, -0.05) is 36.4 Å². The van der Waals surface area contributed by atoms with Crippen molar-refractivity contribution in [3.8, 4) is 0 Å². The van der Waals surface area contributed by atoms with Crippen LogP contribution < -0.4 is 0 Å². The van der Waals surface area contributed by atoms with Crippen LogP contribution in [0.25, 0.3) is 11.0 Å². The van der Waals surface area contributed by atoms with Gasteiger partial charge in [-0.25, -0.2) is 4.98 Å². The van der Waals surface area contributed by atoms with Crippen molar-refractivity contribution in [1.82, 2.24) is 14.5 Å². The lowest BCUT2D eigenvalue weighted by molar-refractivity contribution is -0.132. The number of hydrogen-bond donors (Lipinski definition) is 0. The normalized spacial score (nSPS) is 15.4. The molecule has 1 saturated heterocycles. The first-order chi connectivity index (χ1) is 13.2. The first-order valence-electron chi connectivity index (χ1n) is 9.95. The Labute approximate surface area is 160 Å². The Kier molecular flexibility index (Phi) is 5.23. The molecule has 3 aromatic rings. The number of nitrogens with zero attached hydrogens (tertiary/aromatic N) is 3. The molecule has 2 aromatic carbocycles. The van der Waals surface area contributed by atoms with E-state index in [-0.39, 0.29) is 0 Å². The summed E-state index contributed by atoms with van der Waals surface area (Å²) in [5.74, 6) is 0.302. The lowest BCUT2D eigenvalue weighted by Crippen LogP contribution is -2.38. The van der Waals surface area contributed by atoms with Gasteiger partial charge in [-0.15, -0.1) is 0 Å². The molecule has 0 atom stereocenters. The SMILES string of the molecule is Cc1ccc2ncn(C3CCN(C(=O)CCCc4ccccc4)CC3)c2c1. The number of amides is 1. The van der Waals surface area contributed by atoms with E-state index in [0.29, 0.717) is 18.4 Å². The summed E-state index contributed by atoms with van der Waals surface area (Å²) in [6.45, 7) is 3.81. The Hall–Kier alpha value is -2.62. The Bertz CT molecular complexity index is 908. The van der Waals surface area contributed by atoms with E-state index in [2.05, 4.69) is 58.9 Å². The van der Waals surface area contributed by atoms with Crippen molar-refractivity contribution in [3.63, 3.8) is 0 Å². The molecule has 2 heterocycles. The number of aromatic nitrogens is 2. The molecule has 4 rings (SSSR count). The minimum absolute atomic E-state index is 0.302. The van der Waals surface area contributed by atoms with Gasteiger partial charge in [0.1, 0.15) is 0 Å². The van der Waals surface area contributed by atoms with E-state index in [9.17, 15) is 4.79 Å². The minimum Gasteiger partial charge on any atom is -0.343 e. The van der Waals surface area contributed by atoms with E-state index in [0.717, 1.165) is 44.3 Å². The smallest absolute Gasteiger partial charge is 0.222 e. The summed E-state index contributed by atoms with van der Waals surface area (Å²) in [6, 6.07) is 17.3. The molecule has 1 aliphatic rings. The van der Waals surface area contributed by atoms with Crippen molar-refractivity contribution in [2.75, 3.05) is 13.1 Å². The molecular weight excluding hydrogens is 334 g/mol. The predicted molar refractivity (Wildman–Crippen MR) is 109 cm³/mol. The highest BCUT2D eigenvalue weighted by atomic mass is 16.2. The summed E-state index contributed by atoms with van der Waals surface area (Å²) in [7, 11) is 0. The Morgan fingerprint density at radius 2 is 1.89 bits per heavy atom. The summed E-state index contributed by atoms with van der Waals surface area (Å²) in [5.41, 5.74) is 4.84. The van der Waals surface area contributed by atoms with Crippen LogP contribution in [0.3, 0.4) is 0 Å². The van der Waals surface area contributed by atoms with Crippen LogP contribution in [-0.2, 0) is 11.2 Å². The second-order valence-corrected chi connectivity index (χ2v) is 7.60. The second kappa shape index (κ2) is 7.95. The summed E-state index contributed by atoms with van der Waals surface area (Å²) in [5, 5.41) is 0. The second-order valence-electron chi connectivity index (χ2n) is 7.60. The van der Waals surface area contributed by atoms with Crippen LogP contribution in [0.2, 0.25) is 0 Å². The fourth-order valence-electron chi connectivity index (χ4n) is 4.07. The van der Waals surface area contributed by atoms with E-state index in [4.69, 9.17) is 0 Å². The number of carbonyl (C=O) groups excluding carboxylic acids is 1. The average molecular weight is 361 g/mol. The fourth-order valence-corrected chi connectivity index (χ4v) is 4.07. The van der Waals surface area contributed by atoms with E-state index < -0.39 is 0 Å². The number of rotatable bonds is 5. The first-order valence-corrected chi connectivity index (χ1v) is 9.95. The van der Waals surface area contributed by atoms with Crippen molar-refractivity contribution in [3.05, 3.63) is 66.0 Å². The van der Waals surface area contributed by atoms with E-state index in [1.54, 1.807) is 0 Å². The molecule has 0 aliphatic carbocycles. The molecule has 1 aromatic heterocycles. The summed E-state index contributed by atoms with van der Waals surface area (Å²) < 4.78 is 2.31. The summed E-state index contributed by atoms with van der Waals surface area (Å²) >= 11 is 0. The van der Waals surface area contributed by atoms with Crippen molar-refractivity contribution < 1.29 is 4.79 Å². The van der Waals surface area contributed by atoms with Crippen molar-refractivity contribution in [2.24, 2.45) is 0 Å². The molecule has 27 heavy (non-hydrogen) atoms. The highest BCUT2D eigenvalue weighted by molar-refractivity contribution is 5.77. The number of aryl methyl sites for hydroxylation is 2. The van der Waals surface area contributed by atoms with Gasteiger partial charge in [0.25, 0.3) is 0 Å². The van der Waals surface area contributed by atoms with Crippen molar-refractivity contribution >= 4 is 16.9 Å². The van der Waals surface area contributed by atoms with Crippen molar-refractivity contribution in [1.29, 1.82) is 0 Å². The highest BCUT2D eigenvalue weighted by Crippen LogP contribution is 2.27. The third-order valence-electron chi connectivity index (χ3n) is 5.64. The lowest BCUT2D eigenvalue weighted by Gasteiger charge is -2.33. The fraction of sp³-hybridized carbons (Fsp3) is 0.391. The Morgan fingerprint density at radius 1 is 1.11 bits per heavy atom. The van der Waals surface area contributed by atoms with Crippen LogP contribution in [0.1, 0.15) is 42.9 Å². The molecular formula is C23H27N3O. The van der Waals surface area contributed by atoms with Gasteiger partial charge in [-0.05, 0) is 55.9 Å². The Morgan fingerprint density at radius 3 is 2.67 bits per heavy atom. The van der Waals surface area contributed by atoms with Crippen LogP contribution in [0, 0.1) is 6.92 Å². The molecule has 4 heteroatoms. The molecule has 0 spiro atoms. The topological polar surface area (TPSA) is 38.1 Å². The summed E-state index contributed by atoms with van der Waals surface area (Å²) in [6.07, 6.45) is 6.52. The number of benzene rings is 2. The molecule has 0 N–H and O–H groups in total. The van der Waals surface area contributed by atoms with E-state index in [1.807, 2.05) is 17.3 Å². The standard InChI is InChI=1S/C23H27N3O/c1-18-10-11-21-22(16-18)26(17-24-21)20-12-14-25(15-13-20)23(27)9-5-8-19-6-3-2-4-7-19/h2-4,6-7,10-11,16-17,20H,5,8-9,12-15H2,1H3. The van der Waals surface area contributed by atoms with Crippen LogP contribution in [0.5, 0.6) is 0 Å². The number of piperidine rings is 1. The maximum absolute atomic E-state index is 12.5. The maximum Gasteiger partial charge on any atom is 0.222 e. The third-order valence-corrected chi connectivity index (χ3v) is 5.64. The lowest BCUT2D eigenvalue weighted by atomic mass is 10.0. The van der Waals surface area contributed by atoms with Crippen LogP contribution in [0.15, 0.2) is 54.9 Å². The van der Waals surface area contributed by atoms with Crippen LogP contribution in [-0.4, -0.2) is 33.4 Å². The number of likely N-dealkylation sites (tertiary alicyclic amines) is 1. The molecule has 1 aliphatic heterocycles. The number of carbonyl (C=O) groups is 1. The summed E-state index contributed by atoms with van der Waals surface area (Å²) in [4.78, 5) is 19.1. The minimum atomic E-state index is 0.302. The quantitative estimate of drug-likeness (QED) is 0.669. The average Bonchev–Trinajstić information content (AvgIpc) is 3.12. The molecule has 0 radical (unpaired) electrons. The molecule has 1 amide bonds. The van der Waals surface area contributed by atoms with Gasteiger partial charge in [-0.3, -0.25) is 4.79 Å². The Balaban J connectivity index is 1.30. The van der Waals surface area contributed by atoms with Gasteiger partial charge in [0, 0.05) is 25.6 Å². The zero-order chi connectivity index (χ0) is 18.6. The molecule has 4 nitrogen and oxygen atoms in total. The largest absolute Gasteiger partial charge is 0.343 e. The van der Waals surface area contributed by atoms with Crippen molar-refractivity contribution in [2.45, 2.75) is 45.1 Å². The highest BCUT2D eigenvalue weighted by Gasteiger charge is 2.24. The van der Waals surface area contributed by atoms with Crippen LogP contribution in [0.4, 0.5) is 0 Å². The van der Waals surface area contributed by atoms with Gasteiger partial charge in [0.15, 0.2) is 0 Å². The van der Waals surface area contributed by atoms with E-state index in [1.165, 1.54) is 16.6 Å². The number of hydrogen-bond acceptors (Lipinski definition) is 2. The van der Waals surface area contributed by atoms with Gasteiger partial charge in [0.05, 0.1) is 17.4 Å². The van der Waals surface area contributed by atoms with Crippen LogP contribution >= 0.6 is 0 Å². The van der Waals surface area contributed by atoms with Gasteiger partial charge in [0.2, 0.25) is 5.91 Å². The molecule has 0 bridgehead atoms. The molecule has 140 valence electrons. The van der Waals surface area contributed by atoms with Gasteiger partial charge in [-0.2, -0.15) is 0 Å². The van der Waals surface area contributed by atoms with Gasteiger partial charge < -0.3 is 9.47 Å². The zero-order valence-electron chi connectivity index (χ0n) is 16.0. The maximum atomic E-state index is 12.5. The molecule has 0 saturated carbocycles. The number of fused-ring (bicyclic) bond motifs is 1.